The number of para-hydroxylation sites is 1. The Morgan fingerprint density at radius 1 is 1.13 bits per heavy atom. The van der Waals surface area contributed by atoms with Crippen molar-refractivity contribution in [2.75, 3.05) is 5.75 Å². The van der Waals surface area contributed by atoms with Crippen LogP contribution in [0.2, 0.25) is 0 Å². The molecule has 1 aromatic heterocycles. The molecule has 1 amide bonds. The smallest absolute Gasteiger partial charge is 0.387 e. The number of carbonyl (C=O) groups excluding carboxylic acids is 1. The second kappa shape index (κ2) is 9.91. The number of ether oxygens (including phenoxy) is 1. The first-order valence-electron chi connectivity index (χ1n) is 9.75. The molecular formula is C22H23F2N3O3S. The van der Waals surface area contributed by atoms with Crippen LogP contribution in [0.5, 0.6) is 5.75 Å². The maximum absolute atomic E-state index is 13.2. The Morgan fingerprint density at radius 2 is 1.81 bits per heavy atom. The molecule has 0 radical (unpaired) electrons. The van der Waals surface area contributed by atoms with Gasteiger partial charge in [-0.3, -0.25) is 14.2 Å². The molecule has 0 bridgehead atoms. The van der Waals surface area contributed by atoms with Crippen LogP contribution in [-0.2, 0) is 4.79 Å². The van der Waals surface area contributed by atoms with Gasteiger partial charge in [0.25, 0.3) is 5.56 Å². The van der Waals surface area contributed by atoms with Crippen LogP contribution in [0.15, 0.2) is 58.5 Å². The van der Waals surface area contributed by atoms with Gasteiger partial charge < -0.3 is 10.1 Å². The summed E-state index contributed by atoms with van der Waals surface area (Å²) in [6.45, 7) is 3.03. The lowest BCUT2D eigenvalue weighted by Crippen LogP contribution is -2.37. The number of fused-ring (bicyclic) bond motifs is 1. The van der Waals surface area contributed by atoms with Crippen LogP contribution in [0.4, 0.5) is 8.78 Å². The van der Waals surface area contributed by atoms with E-state index in [1.807, 2.05) is 20.8 Å². The van der Waals surface area contributed by atoms with Crippen molar-refractivity contribution in [1.29, 1.82) is 0 Å². The average Bonchev–Trinajstić information content (AvgIpc) is 2.72. The van der Waals surface area contributed by atoms with E-state index in [9.17, 15) is 18.4 Å². The largest absolute Gasteiger partial charge is 0.435 e. The fourth-order valence-corrected chi connectivity index (χ4v) is 3.63. The van der Waals surface area contributed by atoms with E-state index in [0.717, 1.165) is 11.8 Å². The lowest BCUT2D eigenvalue weighted by atomic mass is 10.1. The molecule has 0 aliphatic heterocycles. The molecular weight excluding hydrogens is 424 g/mol. The quantitative estimate of drug-likeness (QED) is 0.413. The Bertz CT molecular complexity index is 1120. The number of alkyl halides is 2. The maximum atomic E-state index is 13.2. The fourth-order valence-electron chi connectivity index (χ4n) is 2.81. The molecule has 9 heteroatoms. The molecule has 3 rings (SSSR count). The fraction of sp³-hybridized carbons (Fsp3) is 0.318. The van der Waals surface area contributed by atoms with Crippen LogP contribution in [0.25, 0.3) is 16.6 Å². The van der Waals surface area contributed by atoms with Gasteiger partial charge in [-0.1, -0.05) is 37.7 Å². The van der Waals surface area contributed by atoms with Gasteiger partial charge in [0.05, 0.1) is 22.3 Å². The first kappa shape index (κ1) is 22.7. The summed E-state index contributed by atoms with van der Waals surface area (Å²) in [4.78, 5) is 30.1. The highest BCUT2D eigenvalue weighted by atomic mass is 32.2. The van der Waals surface area contributed by atoms with Crippen LogP contribution >= 0.6 is 11.8 Å². The summed E-state index contributed by atoms with van der Waals surface area (Å²) in [5.41, 5.74) is 0.634. The third-order valence-corrected chi connectivity index (χ3v) is 5.72. The van der Waals surface area contributed by atoms with Gasteiger partial charge in [0, 0.05) is 6.04 Å². The molecule has 1 atom stereocenters. The second-order valence-corrected chi connectivity index (χ2v) is 8.26. The summed E-state index contributed by atoms with van der Waals surface area (Å²) in [5, 5.41) is 3.67. The number of thioether (sulfide) groups is 1. The number of hydrogen-bond donors (Lipinski definition) is 1. The molecule has 6 nitrogen and oxygen atoms in total. The minimum absolute atomic E-state index is 0.0160. The molecule has 0 fully saturated rings. The maximum Gasteiger partial charge on any atom is 0.387 e. The molecule has 3 aromatic rings. The molecule has 31 heavy (non-hydrogen) atoms. The highest BCUT2D eigenvalue weighted by molar-refractivity contribution is 7.99. The van der Waals surface area contributed by atoms with Crippen LogP contribution in [-0.4, -0.2) is 33.9 Å². The number of hydrogen-bond acceptors (Lipinski definition) is 5. The van der Waals surface area contributed by atoms with Crippen molar-refractivity contribution < 1.29 is 18.3 Å². The van der Waals surface area contributed by atoms with E-state index in [-0.39, 0.29) is 29.0 Å². The molecule has 1 heterocycles. The van der Waals surface area contributed by atoms with Crippen LogP contribution in [0.3, 0.4) is 0 Å². The summed E-state index contributed by atoms with van der Waals surface area (Å²) < 4.78 is 30.6. The minimum atomic E-state index is -2.94. The molecule has 0 spiro atoms. The van der Waals surface area contributed by atoms with E-state index in [4.69, 9.17) is 0 Å². The Hall–Kier alpha value is -2.94. The van der Waals surface area contributed by atoms with E-state index < -0.39 is 6.61 Å². The number of amides is 1. The molecule has 0 unspecified atom stereocenters. The zero-order valence-electron chi connectivity index (χ0n) is 17.3. The molecule has 1 N–H and O–H groups in total. The average molecular weight is 448 g/mol. The zero-order chi connectivity index (χ0) is 22.5. The lowest BCUT2D eigenvalue weighted by Gasteiger charge is -2.18. The van der Waals surface area contributed by atoms with Gasteiger partial charge in [-0.25, -0.2) is 4.98 Å². The van der Waals surface area contributed by atoms with Crippen LogP contribution in [0, 0.1) is 5.92 Å². The minimum Gasteiger partial charge on any atom is -0.435 e. The summed E-state index contributed by atoms with van der Waals surface area (Å²) in [7, 11) is 0. The van der Waals surface area contributed by atoms with Gasteiger partial charge in [0.1, 0.15) is 5.75 Å². The monoisotopic (exact) mass is 447 g/mol. The van der Waals surface area contributed by atoms with E-state index in [0.29, 0.717) is 27.7 Å². The predicted molar refractivity (Wildman–Crippen MR) is 117 cm³/mol. The van der Waals surface area contributed by atoms with Gasteiger partial charge in [-0.05, 0) is 49.2 Å². The third-order valence-electron chi connectivity index (χ3n) is 4.79. The van der Waals surface area contributed by atoms with Crippen LogP contribution < -0.4 is 15.6 Å². The number of nitrogens with zero attached hydrogens (tertiary/aromatic N) is 2. The van der Waals surface area contributed by atoms with Crippen molar-refractivity contribution in [1.82, 2.24) is 14.9 Å². The standard InChI is InChI=1S/C22H23F2N3O3S/c1-13(2)14(3)25-19(28)12-31-22-26-18-7-5-4-6-17(18)20(29)27(22)15-8-10-16(11-9-15)30-21(23)24/h4-11,13-14,21H,12H2,1-3H3,(H,25,28)/t14-/m0/s1. The predicted octanol–water partition coefficient (Wildman–Crippen LogP) is 4.24. The number of halogens is 2. The first-order chi connectivity index (χ1) is 14.8. The lowest BCUT2D eigenvalue weighted by molar-refractivity contribution is -0.119. The molecule has 0 saturated heterocycles. The van der Waals surface area contributed by atoms with Gasteiger partial charge in [-0.15, -0.1) is 0 Å². The second-order valence-electron chi connectivity index (χ2n) is 7.31. The van der Waals surface area contributed by atoms with E-state index in [2.05, 4.69) is 15.0 Å². The summed E-state index contributed by atoms with van der Waals surface area (Å²) in [5.74, 6) is 0.187. The Kier molecular flexibility index (Phi) is 7.27. The number of rotatable bonds is 8. The van der Waals surface area contributed by atoms with Crippen molar-refractivity contribution in [2.24, 2.45) is 5.92 Å². The Morgan fingerprint density at radius 3 is 2.45 bits per heavy atom. The molecule has 2 aromatic carbocycles. The van der Waals surface area contributed by atoms with Gasteiger partial charge in [-0.2, -0.15) is 8.78 Å². The van der Waals surface area contributed by atoms with Crippen LogP contribution in [0.1, 0.15) is 20.8 Å². The van der Waals surface area contributed by atoms with Crippen molar-refractivity contribution in [3.05, 3.63) is 58.9 Å². The number of carbonyl (C=O) groups is 1. The zero-order valence-corrected chi connectivity index (χ0v) is 18.2. The summed E-state index contributed by atoms with van der Waals surface area (Å²) in [6, 6.07) is 12.6. The highest BCUT2D eigenvalue weighted by Crippen LogP contribution is 2.23. The third kappa shape index (κ3) is 5.61. The normalized spacial score (nSPS) is 12.4. The Labute approximate surface area is 182 Å². The highest BCUT2D eigenvalue weighted by Gasteiger charge is 2.16. The SMILES string of the molecule is CC(C)[C@H](C)NC(=O)CSc1nc2ccccc2c(=O)n1-c1ccc(OC(F)F)cc1. The molecule has 0 saturated carbocycles. The summed E-state index contributed by atoms with van der Waals surface area (Å²) in [6.07, 6.45) is 0. The Balaban J connectivity index is 1.96. The molecule has 164 valence electrons. The topological polar surface area (TPSA) is 73.2 Å². The van der Waals surface area contributed by atoms with Crippen molar-refractivity contribution in [3.63, 3.8) is 0 Å². The van der Waals surface area contributed by atoms with Crippen molar-refractivity contribution in [3.8, 4) is 11.4 Å². The van der Waals surface area contributed by atoms with Gasteiger partial charge in [0.2, 0.25) is 5.91 Å². The molecule has 0 aliphatic rings. The van der Waals surface area contributed by atoms with Crippen molar-refractivity contribution >= 4 is 28.6 Å². The van der Waals surface area contributed by atoms with Crippen molar-refractivity contribution in [2.45, 2.75) is 38.6 Å². The van der Waals surface area contributed by atoms with E-state index >= 15 is 0 Å². The number of aromatic nitrogens is 2. The summed E-state index contributed by atoms with van der Waals surface area (Å²) >= 11 is 1.14. The number of nitrogens with one attached hydrogen (secondary N) is 1. The van der Waals surface area contributed by atoms with Gasteiger partial charge >= 0.3 is 6.61 Å². The molecule has 0 aliphatic carbocycles. The first-order valence-corrected chi connectivity index (χ1v) is 10.7. The van der Waals surface area contributed by atoms with E-state index in [1.54, 1.807) is 24.3 Å². The number of benzene rings is 2. The van der Waals surface area contributed by atoms with E-state index in [1.165, 1.54) is 28.8 Å². The van der Waals surface area contributed by atoms with Gasteiger partial charge in [0.15, 0.2) is 5.16 Å².